The Morgan fingerprint density at radius 3 is 2.59 bits per heavy atom. The molecular formula is C33H26F2N4O5. The Morgan fingerprint density at radius 2 is 1.89 bits per heavy atom. The number of benzene rings is 3. The highest BCUT2D eigenvalue weighted by Crippen LogP contribution is 2.30. The number of pyridine rings is 1. The summed E-state index contributed by atoms with van der Waals surface area (Å²) in [7, 11) is 0. The minimum atomic E-state index is -1.05. The SMILES string of the molecule is N#Cc1ccc(COc2cccc(-c3cc(CO)c(Cc4nc5ccc(C(=O)O)cc5n4C[C@@H]4CCO4)cc3F)n2)c(F)c1. The van der Waals surface area contributed by atoms with E-state index in [-0.39, 0.29) is 59.6 Å². The Kier molecular flexibility index (Phi) is 8.02. The molecule has 44 heavy (non-hydrogen) atoms. The molecule has 0 bridgehead atoms. The predicted octanol–water partition coefficient (Wildman–Crippen LogP) is 5.40. The number of halogens is 2. The number of aromatic carboxylic acids is 1. The molecule has 0 unspecified atom stereocenters. The van der Waals surface area contributed by atoms with Gasteiger partial charge < -0.3 is 24.3 Å². The quantitative estimate of drug-likeness (QED) is 0.219. The number of hydrogen-bond acceptors (Lipinski definition) is 7. The summed E-state index contributed by atoms with van der Waals surface area (Å²) in [5.41, 5.74) is 3.21. The molecule has 0 saturated carbocycles. The lowest BCUT2D eigenvalue weighted by Crippen LogP contribution is -2.31. The zero-order valence-corrected chi connectivity index (χ0v) is 23.3. The molecule has 0 amide bonds. The van der Waals surface area contributed by atoms with E-state index < -0.39 is 17.6 Å². The van der Waals surface area contributed by atoms with Crippen molar-refractivity contribution in [1.29, 1.82) is 5.26 Å². The molecule has 1 aliphatic heterocycles. The van der Waals surface area contributed by atoms with Crippen LogP contribution in [-0.4, -0.2) is 43.4 Å². The average Bonchev–Trinajstić information content (AvgIpc) is 3.34. The van der Waals surface area contributed by atoms with Crippen LogP contribution in [0.3, 0.4) is 0 Å². The summed E-state index contributed by atoms with van der Waals surface area (Å²) in [5, 5.41) is 28.7. The van der Waals surface area contributed by atoms with Gasteiger partial charge in [-0.05, 0) is 66.1 Å². The number of aliphatic hydroxyl groups is 1. The molecule has 1 atom stereocenters. The first-order chi connectivity index (χ1) is 21.3. The number of imidazole rings is 1. The van der Waals surface area contributed by atoms with E-state index in [9.17, 15) is 19.4 Å². The highest BCUT2D eigenvalue weighted by molar-refractivity contribution is 5.92. The first-order valence-corrected chi connectivity index (χ1v) is 13.9. The fourth-order valence-electron chi connectivity index (χ4n) is 5.14. The molecule has 2 aromatic heterocycles. The van der Waals surface area contributed by atoms with Gasteiger partial charge in [-0.15, -0.1) is 0 Å². The van der Waals surface area contributed by atoms with E-state index >= 15 is 4.39 Å². The fourth-order valence-corrected chi connectivity index (χ4v) is 5.14. The van der Waals surface area contributed by atoms with Gasteiger partial charge in [0, 0.05) is 30.2 Å². The third-order valence-corrected chi connectivity index (χ3v) is 7.62. The summed E-state index contributed by atoms with van der Waals surface area (Å²) in [6.45, 7) is 0.609. The summed E-state index contributed by atoms with van der Waals surface area (Å²) in [4.78, 5) is 20.7. The summed E-state index contributed by atoms with van der Waals surface area (Å²) in [6.07, 6.45) is 1.01. The van der Waals surface area contributed by atoms with Crippen molar-refractivity contribution < 1.29 is 33.3 Å². The second-order valence-electron chi connectivity index (χ2n) is 10.4. The number of ether oxygens (including phenoxy) is 2. The number of carbonyl (C=O) groups is 1. The van der Waals surface area contributed by atoms with Gasteiger partial charge in [-0.25, -0.2) is 23.5 Å². The van der Waals surface area contributed by atoms with Crippen LogP contribution in [0.15, 0.2) is 66.7 Å². The van der Waals surface area contributed by atoms with Crippen LogP contribution in [0.4, 0.5) is 8.78 Å². The number of aromatic nitrogens is 3. The molecular weight excluding hydrogens is 570 g/mol. The maximum atomic E-state index is 15.6. The molecule has 0 spiro atoms. The van der Waals surface area contributed by atoms with Crippen LogP contribution in [0.2, 0.25) is 0 Å². The summed E-state index contributed by atoms with van der Waals surface area (Å²) in [5.74, 6) is -1.47. The van der Waals surface area contributed by atoms with E-state index in [1.807, 2.05) is 10.6 Å². The van der Waals surface area contributed by atoms with Gasteiger partial charge in [0.15, 0.2) is 0 Å². The maximum Gasteiger partial charge on any atom is 0.335 e. The summed E-state index contributed by atoms with van der Waals surface area (Å²) >= 11 is 0. The van der Waals surface area contributed by atoms with Gasteiger partial charge in [0.25, 0.3) is 0 Å². The molecule has 5 aromatic rings. The van der Waals surface area contributed by atoms with E-state index in [0.717, 1.165) is 12.5 Å². The Hall–Kier alpha value is -5.18. The zero-order valence-electron chi connectivity index (χ0n) is 23.3. The van der Waals surface area contributed by atoms with Gasteiger partial charge in [-0.1, -0.05) is 12.1 Å². The zero-order chi connectivity index (χ0) is 30.8. The lowest BCUT2D eigenvalue weighted by Gasteiger charge is -2.27. The van der Waals surface area contributed by atoms with E-state index in [1.54, 1.807) is 30.3 Å². The second kappa shape index (κ2) is 12.2. The number of hydrogen-bond donors (Lipinski definition) is 2. The second-order valence-corrected chi connectivity index (χ2v) is 10.4. The first-order valence-electron chi connectivity index (χ1n) is 13.9. The standard InChI is InChI=1S/C33H26F2N4O5/c34-26-10-19(15-36)4-5-21(26)18-44-32-3-1-2-28(38-32)25-11-23(17-40)22(12-27(25)35)14-31-37-29-7-6-20(33(41)42)13-30(29)39(31)16-24-8-9-43-24/h1-7,10-13,24,40H,8-9,14,16-18H2,(H,41,42)/t24-/m0/s1. The Bertz CT molecular complexity index is 1930. The normalized spacial score (nSPS) is 14.3. The molecule has 11 heteroatoms. The smallest absolute Gasteiger partial charge is 0.335 e. The van der Waals surface area contributed by atoms with Crippen molar-refractivity contribution in [3.05, 3.63) is 112 Å². The van der Waals surface area contributed by atoms with Gasteiger partial charge in [0.05, 0.1) is 53.2 Å². The number of aliphatic hydroxyl groups excluding tert-OH is 1. The largest absolute Gasteiger partial charge is 0.478 e. The van der Waals surface area contributed by atoms with Gasteiger partial charge in [0.2, 0.25) is 5.88 Å². The molecule has 3 heterocycles. The minimum absolute atomic E-state index is 0.0370. The molecule has 1 aliphatic rings. The molecule has 1 saturated heterocycles. The number of nitriles is 1. The lowest BCUT2D eigenvalue weighted by molar-refractivity contribution is -0.0589. The van der Waals surface area contributed by atoms with Crippen molar-refractivity contribution in [3.8, 4) is 23.2 Å². The van der Waals surface area contributed by atoms with E-state index in [1.165, 1.54) is 30.3 Å². The highest BCUT2D eigenvalue weighted by atomic mass is 19.1. The van der Waals surface area contributed by atoms with Crippen molar-refractivity contribution in [1.82, 2.24) is 14.5 Å². The maximum absolute atomic E-state index is 15.6. The first kappa shape index (κ1) is 28.9. The number of carboxylic acids is 1. The van der Waals surface area contributed by atoms with Crippen molar-refractivity contribution >= 4 is 17.0 Å². The molecule has 0 radical (unpaired) electrons. The van der Waals surface area contributed by atoms with Crippen molar-refractivity contribution in [2.75, 3.05) is 6.61 Å². The third kappa shape index (κ3) is 5.86. The highest BCUT2D eigenvalue weighted by Gasteiger charge is 2.23. The molecule has 6 rings (SSSR count). The van der Waals surface area contributed by atoms with Crippen molar-refractivity contribution in [2.24, 2.45) is 0 Å². The van der Waals surface area contributed by atoms with Crippen LogP contribution < -0.4 is 4.74 Å². The number of rotatable bonds is 10. The number of carboxylic acid groups (broad SMARTS) is 1. The number of nitrogens with zero attached hydrogens (tertiary/aromatic N) is 4. The van der Waals surface area contributed by atoms with Gasteiger partial charge >= 0.3 is 5.97 Å². The fraction of sp³-hybridized carbons (Fsp3) is 0.212. The molecule has 2 N–H and O–H groups in total. The van der Waals surface area contributed by atoms with Crippen LogP contribution in [-0.2, 0) is 30.9 Å². The third-order valence-electron chi connectivity index (χ3n) is 7.62. The lowest BCUT2D eigenvalue weighted by atomic mass is 9.99. The van der Waals surface area contributed by atoms with Gasteiger partial charge in [-0.2, -0.15) is 5.26 Å². The van der Waals surface area contributed by atoms with E-state index in [0.29, 0.717) is 41.1 Å². The molecule has 0 aliphatic carbocycles. The van der Waals surface area contributed by atoms with Crippen LogP contribution in [0.5, 0.6) is 5.88 Å². The predicted molar refractivity (Wildman–Crippen MR) is 155 cm³/mol. The topological polar surface area (TPSA) is 130 Å². The van der Waals surface area contributed by atoms with Crippen LogP contribution in [0.25, 0.3) is 22.3 Å². The van der Waals surface area contributed by atoms with E-state index in [2.05, 4.69) is 4.98 Å². The minimum Gasteiger partial charge on any atom is -0.478 e. The van der Waals surface area contributed by atoms with E-state index in [4.69, 9.17) is 19.7 Å². The van der Waals surface area contributed by atoms with Crippen molar-refractivity contribution in [2.45, 2.75) is 38.7 Å². The molecule has 222 valence electrons. The Balaban J connectivity index is 1.28. The summed E-state index contributed by atoms with van der Waals surface area (Å²) in [6, 6.07) is 18.3. The monoisotopic (exact) mass is 596 g/mol. The van der Waals surface area contributed by atoms with Crippen LogP contribution >= 0.6 is 0 Å². The average molecular weight is 597 g/mol. The Morgan fingerprint density at radius 1 is 1.05 bits per heavy atom. The Labute approximate surface area is 250 Å². The van der Waals surface area contributed by atoms with Crippen LogP contribution in [0, 0.1) is 23.0 Å². The van der Waals surface area contributed by atoms with Gasteiger partial charge in [-0.3, -0.25) is 0 Å². The van der Waals surface area contributed by atoms with Crippen LogP contribution in [0.1, 0.15) is 44.9 Å². The van der Waals surface area contributed by atoms with Gasteiger partial charge in [0.1, 0.15) is 24.1 Å². The summed E-state index contributed by atoms with van der Waals surface area (Å²) < 4.78 is 43.1. The molecule has 3 aromatic carbocycles. The molecule has 9 nitrogen and oxygen atoms in total. The van der Waals surface area contributed by atoms with Crippen molar-refractivity contribution in [3.63, 3.8) is 0 Å². The molecule has 1 fully saturated rings. The number of fused-ring (bicyclic) bond motifs is 1.